The van der Waals surface area contributed by atoms with Crippen molar-refractivity contribution in [2.45, 2.75) is 12.2 Å². The van der Waals surface area contributed by atoms with Crippen LogP contribution >= 0.6 is 0 Å². The molecule has 17 heavy (non-hydrogen) atoms. The first kappa shape index (κ1) is 13.7. The number of ether oxygens (including phenoxy) is 1. The molecule has 1 unspecified atom stereocenters. The van der Waals surface area contributed by atoms with Gasteiger partial charge in [0.1, 0.15) is 11.6 Å². The van der Waals surface area contributed by atoms with Gasteiger partial charge in [0.15, 0.2) is 0 Å². The Balaban J connectivity index is 3.02. The van der Waals surface area contributed by atoms with Gasteiger partial charge in [-0.25, -0.2) is 12.8 Å². The van der Waals surface area contributed by atoms with Gasteiger partial charge in [-0.2, -0.15) is 0 Å². The summed E-state index contributed by atoms with van der Waals surface area (Å²) < 4.78 is 43.8. The summed E-state index contributed by atoms with van der Waals surface area (Å²) in [5, 5.41) is -0.798. The summed E-state index contributed by atoms with van der Waals surface area (Å²) in [5.74, 6) is -0.303. The number of anilines is 1. The SMILES string of the molecule is COc1ccc(F)c(NS(=O)(=O)C(C)CN)c1. The Kier molecular flexibility index (Phi) is 4.30. The van der Waals surface area contributed by atoms with Crippen molar-refractivity contribution in [3.8, 4) is 5.75 Å². The van der Waals surface area contributed by atoms with E-state index in [0.717, 1.165) is 6.07 Å². The van der Waals surface area contributed by atoms with Crippen LogP contribution < -0.4 is 15.2 Å². The van der Waals surface area contributed by atoms with Crippen molar-refractivity contribution >= 4 is 15.7 Å². The van der Waals surface area contributed by atoms with Crippen molar-refractivity contribution in [1.82, 2.24) is 0 Å². The van der Waals surface area contributed by atoms with E-state index in [2.05, 4.69) is 4.72 Å². The number of hydrogen-bond acceptors (Lipinski definition) is 4. The van der Waals surface area contributed by atoms with Gasteiger partial charge in [-0.1, -0.05) is 0 Å². The highest BCUT2D eigenvalue weighted by Gasteiger charge is 2.20. The molecule has 1 rings (SSSR count). The maximum absolute atomic E-state index is 13.4. The molecule has 1 atom stereocenters. The minimum absolute atomic E-state index is 0.0408. The zero-order chi connectivity index (χ0) is 13.1. The number of nitrogens with one attached hydrogen (secondary N) is 1. The molecule has 0 amide bonds. The molecule has 0 radical (unpaired) electrons. The largest absolute Gasteiger partial charge is 0.497 e. The number of halogens is 1. The smallest absolute Gasteiger partial charge is 0.236 e. The molecule has 0 bridgehead atoms. The van der Waals surface area contributed by atoms with Crippen molar-refractivity contribution < 1.29 is 17.5 Å². The van der Waals surface area contributed by atoms with Gasteiger partial charge in [-0.05, 0) is 19.1 Å². The van der Waals surface area contributed by atoms with Crippen molar-refractivity contribution in [2.24, 2.45) is 5.73 Å². The van der Waals surface area contributed by atoms with Crippen LogP contribution in [0.3, 0.4) is 0 Å². The zero-order valence-electron chi connectivity index (χ0n) is 9.60. The van der Waals surface area contributed by atoms with Crippen molar-refractivity contribution in [2.75, 3.05) is 18.4 Å². The standard InChI is InChI=1S/C10H15FN2O3S/c1-7(6-12)17(14,15)13-10-5-8(16-2)3-4-9(10)11/h3-5,7,13H,6,12H2,1-2H3. The molecule has 0 aromatic heterocycles. The second kappa shape index (κ2) is 5.33. The van der Waals surface area contributed by atoms with Crippen LogP contribution in [0.15, 0.2) is 18.2 Å². The lowest BCUT2D eigenvalue weighted by molar-refractivity contribution is 0.414. The Hall–Kier alpha value is -1.34. The maximum atomic E-state index is 13.4. The molecule has 0 aliphatic carbocycles. The molecule has 0 aliphatic rings. The second-order valence-corrected chi connectivity index (χ2v) is 5.64. The van der Waals surface area contributed by atoms with Crippen LogP contribution in [0.5, 0.6) is 5.75 Å². The molecular weight excluding hydrogens is 247 g/mol. The van der Waals surface area contributed by atoms with Crippen LogP contribution in [0, 0.1) is 5.82 Å². The molecule has 1 aromatic rings. The average Bonchev–Trinajstić information content (AvgIpc) is 2.30. The molecule has 0 fully saturated rings. The van der Waals surface area contributed by atoms with E-state index in [4.69, 9.17) is 10.5 Å². The van der Waals surface area contributed by atoms with Gasteiger partial charge in [0.25, 0.3) is 0 Å². The number of benzene rings is 1. The van der Waals surface area contributed by atoms with Crippen molar-refractivity contribution in [3.63, 3.8) is 0 Å². The molecule has 0 heterocycles. The van der Waals surface area contributed by atoms with Crippen LogP contribution in [-0.4, -0.2) is 27.3 Å². The van der Waals surface area contributed by atoms with Crippen LogP contribution in [0.2, 0.25) is 0 Å². The molecule has 1 aromatic carbocycles. The van der Waals surface area contributed by atoms with Gasteiger partial charge in [-0.15, -0.1) is 0 Å². The average molecular weight is 262 g/mol. The Labute approximate surface area is 99.8 Å². The second-order valence-electron chi connectivity index (χ2n) is 3.54. The molecule has 5 nitrogen and oxygen atoms in total. The lowest BCUT2D eigenvalue weighted by atomic mass is 10.3. The highest BCUT2D eigenvalue weighted by Crippen LogP contribution is 2.22. The van der Waals surface area contributed by atoms with Gasteiger partial charge < -0.3 is 10.5 Å². The number of methoxy groups -OCH3 is 1. The first-order valence-electron chi connectivity index (χ1n) is 4.96. The quantitative estimate of drug-likeness (QED) is 0.827. The van der Waals surface area contributed by atoms with E-state index in [-0.39, 0.29) is 12.2 Å². The third kappa shape index (κ3) is 3.31. The molecule has 0 saturated heterocycles. The zero-order valence-corrected chi connectivity index (χ0v) is 10.4. The topological polar surface area (TPSA) is 81.4 Å². The predicted octanol–water partition coefficient (Wildman–Crippen LogP) is 0.923. The molecule has 0 aliphatic heterocycles. The van der Waals surface area contributed by atoms with Crippen LogP contribution in [-0.2, 0) is 10.0 Å². The summed E-state index contributed by atoms with van der Waals surface area (Å²) in [6, 6.07) is 3.80. The van der Waals surface area contributed by atoms with E-state index in [0.29, 0.717) is 5.75 Å². The van der Waals surface area contributed by atoms with Crippen molar-refractivity contribution in [3.05, 3.63) is 24.0 Å². The van der Waals surface area contributed by atoms with E-state index < -0.39 is 21.1 Å². The van der Waals surface area contributed by atoms with Crippen molar-refractivity contribution in [1.29, 1.82) is 0 Å². The minimum atomic E-state index is -3.68. The molecule has 0 spiro atoms. The first-order chi connectivity index (χ1) is 7.90. The van der Waals surface area contributed by atoms with Gasteiger partial charge in [-0.3, -0.25) is 4.72 Å². The van der Waals surface area contributed by atoms with E-state index >= 15 is 0 Å². The summed E-state index contributed by atoms with van der Waals surface area (Å²) in [4.78, 5) is 0. The van der Waals surface area contributed by atoms with Crippen LogP contribution in [0.1, 0.15) is 6.92 Å². The fraction of sp³-hybridized carbons (Fsp3) is 0.400. The summed E-state index contributed by atoms with van der Waals surface area (Å²) in [6.45, 7) is 1.40. The first-order valence-corrected chi connectivity index (χ1v) is 6.50. The molecule has 0 saturated carbocycles. The lowest BCUT2D eigenvalue weighted by Gasteiger charge is -2.14. The summed E-state index contributed by atoms with van der Waals surface area (Å²) in [6.07, 6.45) is 0. The third-order valence-corrected chi connectivity index (χ3v) is 4.04. The van der Waals surface area contributed by atoms with E-state index in [1.165, 1.54) is 26.2 Å². The highest BCUT2D eigenvalue weighted by molar-refractivity contribution is 7.93. The Bertz CT molecular complexity index is 490. The summed E-state index contributed by atoms with van der Waals surface area (Å²) in [5.41, 5.74) is 5.12. The lowest BCUT2D eigenvalue weighted by Crippen LogP contribution is -2.31. The minimum Gasteiger partial charge on any atom is -0.497 e. The number of rotatable bonds is 5. The monoisotopic (exact) mass is 262 g/mol. The van der Waals surface area contributed by atoms with Gasteiger partial charge >= 0.3 is 0 Å². The number of nitrogens with two attached hydrogens (primary N) is 1. The van der Waals surface area contributed by atoms with E-state index in [1.54, 1.807) is 0 Å². The van der Waals surface area contributed by atoms with Gasteiger partial charge in [0, 0.05) is 12.6 Å². The Morgan fingerprint density at radius 1 is 1.53 bits per heavy atom. The predicted molar refractivity (Wildman–Crippen MR) is 64.0 cm³/mol. The molecule has 7 heteroatoms. The van der Waals surface area contributed by atoms with Gasteiger partial charge in [0.05, 0.1) is 18.0 Å². The normalized spacial score (nSPS) is 13.2. The molecule has 96 valence electrons. The highest BCUT2D eigenvalue weighted by atomic mass is 32.2. The van der Waals surface area contributed by atoms with Crippen LogP contribution in [0.4, 0.5) is 10.1 Å². The molecular formula is C10H15FN2O3S. The van der Waals surface area contributed by atoms with E-state index in [1.807, 2.05) is 0 Å². The van der Waals surface area contributed by atoms with E-state index in [9.17, 15) is 12.8 Å². The third-order valence-electron chi connectivity index (χ3n) is 2.29. The number of sulfonamides is 1. The fourth-order valence-corrected chi connectivity index (χ4v) is 2.01. The Morgan fingerprint density at radius 2 is 2.18 bits per heavy atom. The van der Waals surface area contributed by atoms with Crippen LogP contribution in [0.25, 0.3) is 0 Å². The fourth-order valence-electron chi connectivity index (χ4n) is 1.09. The Morgan fingerprint density at radius 3 is 2.71 bits per heavy atom. The molecule has 3 N–H and O–H groups in total. The van der Waals surface area contributed by atoms with Gasteiger partial charge in [0.2, 0.25) is 10.0 Å². The number of hydrogen-bond donors (Lipinski definition) is 2. The summed E-state index contributed by atoms with van der Waals surface area (Å²) >= 11 is 0. The summed E-state index contributed by atoms with van der Waals surface area (Å²) in [7, 11) is -2.27. The maximum Gasteiger partial charge on any atom is 0.236 e.